The molecule has 0 aliphatic rings. The number of ketones is 1. The largest absolute Gasteiger partial charge is 0.504 e. The van der Waals surface area contributed by atoms with E-state index in [1.54, 1.807) is 42.5 Å². The minimum absolute atomic E-state index is 0.0636. The smallest absolute Gasteiger partial charge is 0.185 e. The molecule has 0 amide bonds. The van der Waals surface area contributed by atoms with Crippen LogP contribution in [0.3, 0.4) is 0 Å². The lowest BCUT2D eigenvalue weighted by atomic mass is 10.1. The first kappa shape index (κ1) is 14.2. The predicted octanol–water partition coefficient (Wildman–Crippen LogP) is 3.95. The van der Waals surface area contributed by atoms with Crippen LogP contribution in [-0.2, 0) is 0 Å². The minimum Gasteiger partial charge on any atom is -0.504 e. The van der Waals surface area contributed by atoms with Crippen LogP contribution < -0.4 is 4.74 Å². The summed E-state index contributed by atoms with van der Waals surface area (Å²) in [5.74, 6) is 0.313. The Morgan fingerprint density at radius 2 is 1.90 bits per heavy atom. The summed E-state index contributed by atoms with van der Waals surface area (Å²) in [6, 6.07) is 11.6. The van der Waals surface area contributed by atoms with Crippen LogP contribution in [0.4, 0.5) is 0 Å². The number of ether oxygens (including phenoxy) is 1. The number of rotatable bonds is 4. The molecule has 0 spiro atoms. The molecule has 1 N–H and O–H groups in total. The van der Waals surface area contributed by atoms with Crippen molar-refractivity contribution in [3.8, 4) is 11.5 Å². The van der Waals surface area contributed by atoms with Gasteiger partial charge in [0.15, 0.2) is 17.3 Å². The third-order valence-corrected chi connectivity index (χ3v) is 3.01. The Kier molecular flexibility index (Phi) is 4.43. The second kappa shape index (κ2) is 6.26. The zero-order chi connectivity index (χ0) is 14.5. The van der Waals surface area contributed by atoms with E-state index >= 15 is 0 Å². The highest BCUT2D eigenvalue weighted by Crippen LogP contribution is 2.26. The van der Waals surface area contributed by atoms with Crippen molar-refractivity contribution >= 4 is 23.5 Å². The number of benzene rings is 2. The molecule has 102 valence electrons. The quantitative estimate of drug-likeness (QED) is 0.684. The molecular weight excluding hydrogens is 276 g/mol. The number of carbonyl (C=O) groups is 1. The molecular formula is C16H13ClO3. The van der Waals surface area contributed by atoms with Crippen LogP contribution in [0.15, 0.2) is 48.5 Å². The number of methoxy groups -OCH3 is 1. The standard InChI is InChI=1S/C16H13ClO3/c1-20-16-10-11(3-9-15(16)19)2-8-14(18)12-4-6-13(17)7-5-12/h2-10,19H,1H3/b8-2+. The normalized spacial score (nSPS) is 10.7. The van der Waals surface area contributed by atoms with Crippen LogP contribution in [0.2, 0.25) is 5.02 Å². The van der Waals surface area contributed by atoms with Crippen LogP contribution in [-0.4, -0.2) is 18.0 Å². The SMILES string of the molecule is COc1cc(/C=C/C(=O)c2ccc(Cl)cc2)ccc1O. The number of phenols is 1. The van der Waals surface area contributed by atoms with Crippen LogP contribution in [0, 0.1) is 0 Å². The number of allylic oxidation sites excluding steroid dienone is 1. The molecule has 3 nitrogen and oxygen atoms in total. The van der Waals surface area contributed by atoms with Gasteiger partial charge in [-0.2, -0.15) is 0 Å². The van der Waals surface area contributed by atoms with Gasteiger partial charge in [0, 0.05) is 10.6 Å². The van der Waals surface area contributed by atoms with E-state index in [4.69, 9.17) is 16.3 Å². The van der Waals surface area contributed by atoms with E-state index in [2.05, 4.69) is 0 Å². The van der Waals surface area contributed by atoms with Crippen molar-refractivity contribution in [3.05, 3.63) is 64.7 Å². The Labute approximate surface area is 122 Å². The van der Waals surface area contributed by atoms with E-state index in [9.17, 15) is 9.90 Å². The molecule has 0 unspecified atom stereocenters. The van der Waals surface area contributed by atoms with Gasteiger partial charge in [-0.1, -0.05) is 23.7 Å². The highest BCUT2D eigenvalue weighted by molar-refractivity contribution is 6.30. The van der Waals surface area contributed by atoms with Crippen molar-refractivity contribution in [2.75, 3.05) is 7.11 Å². The first-order valence-corrected chi connectivity index (χ1v) is 6.33. The fourth-order valence-corrected chi connectivity index (χ4v) is 1.81. The average Bonchev–Trinajstić information content (AvgIpc) is 2.46. The van der Waals surface area contributed by atoms with Crippen LogP contribution in [0.1, 0.15) is 15.9 Å². The second-order valence-corrected chi connectivity index (χ2v) is 4.57. The van der Waals surface area contributed by atoms with E-state index in [0.29, 0.717) is 16.3 Å². The van der Waals surface area contributed by atoms with Gasteiger partial charge in [0.05, 0.1) is 7.11 Å². The average molecular weight is 289 g/mol. The highest BCUT2D eigenvalue weighted by Gasteiger charge is 2.03. The molecule has 4 heteroatoms. The van der Waals surface area contributed by atoms with Crippen molar-refractivity contribution in [2.45, 2.75) is 0 Å². The molecule has 0 radical (unpaired) electrons. The maximum atomic E-state index is 11.9. The van der Waals surface area contributed by atoms with E-state index < -0.39 is 0 Å². The van der Waals surface area contributed by atoms with Crippen LogP contribution in [0.5, 0.6) is 11.5 Å². The van der Waals surface area contributed by atoms with Crippen molar-refractivity contribution in [1.82, 2.24) is 0 Å². The summed E-state index contributed by atoms with van der Waals surface area (Å²) < 4.78 is 5.01. The predicted molar refractivity (Wildman–Crippen MR) is 79.5 cm³/mol. The molecule has 2 aromatic rings. The van der Waals surface area contributed by atoms with Gasteiger partial charge in [0.25, 0.3) is 0 Å². The Bertz CT molecular complexity index is 645. The lowest BCUT2D eigenvalue weighted by Gasteiger charge is -2.03. The Balaban J connectivity index is 2.16. The molecule has 0 aliphatic heterocycles. The fraction of sp³-hybridized carbons (Fsp3) is 0.0625. The molecule has 0 atom stereocenters. The first-order chi connectivity index (χ1) is 9.60. The van der Waals surface area contributed by atoms with Crippen molar-refractivity contribution in [2.24, 2.45) is 0 Å². The van der Waals surface area contributed by atoms with E-state index in [1.807, 2.05) is 0 Å². The number of halogens is 1. The Hall–Kier alpha value is -2.26. The van der Waals surface area contributed by atoms with Crippen LogP contribution in [0.25, 0.3) is 6.08 Å². The van der Waals surface area contributed by atoms with Gasteiger partial charge in [0.1, 0.15) is 0 Å². The summed E-state index contributed by atoms with van der Waals surface area (Å²) in [5.41, 5.74) is 1.33. The molecule has 0 saturated heterocycles. The van der Waals surface area contributed by atoms with Crippen LogP contribution >= 0.6 is 11.6 Å². The van der Waals surface area contributed by atoms with E-state index in [1.165, 1.54) is 19.3 Å². The van der Waals surface area contributed by atoms with Crippen molar-refractivity contribution in [1.29, 1.82) is 0 Å². The Morgan fingerprint density at radius 1 is 1.20 bits per heavy atom. The highest BCUT2D eigenvalue weighted by atomic mass is 35.5. The second-order valence-electron chi connectivity index (χ2n) is 4.14. The summed E-state index contributed by atoms with van der Waals surface area (Å²) in [6.45, 7) is 0. The third-order valence-electron chi connectivity index (χ3n) is 2.76. The third kappa shape index (κ3) is 3.39. The summed E-state index contributed by atoms with van der Waals surface area (Å²) >= 11 is 5.77. The van der Waals surface area contributed by atoms with Gasteiger partial charge >= 0.3 is 0 Å². The minimum atomic E-state index is -0.117. The molecule has 20 heavy (non-hydrogen) atoms. The van der Waals surface area contributed by atoms with Gasteiger partial charge < -0.3 is 9.84 Å². The number of carbonyl (C=O) groups excluding carboxylic acids is 1. The van der Waals surface area contributed by atoms with Gasteiger partial charge in [-0.3, -0.25) is 4.79 Å². The maximum Gasteiger partial charge on any atom is 0.185 e. The number of hydrogen-bond donors (Lipinski definition) is 1. The Morgan fingerprint density at radius 3 is 2.55 bits per heavy atom. The molecule has 0 heterocycles. The zero-order valence-electron chi connectivity index (χ0n) is 10.8. The monoisotopic (exact) mass is 288 g/mol. The summed E-state index contributed by atoms with van der Waals surface area (Å²) in [7, 11) is 1.47. The molecule has 0 aliphatic carbocycles. The molecule has 2 rings (SSSR count). The van der Waals surface area contributed by atoms with Crippen molar-refractivity contribution in [3.63, 3.8) is 0 Å². The first-order valence-electron chi connectivity index (χ1n) is 5.95. The van der Waals surface area contributed by atoms with E-state index in [-0.39, 0.29) is 11.5 Å². The molecule has 2 aromatic carbocycles. The van der Waals surface area contributed by atoms with Gasteiger partial charge in [-0.15, -0.1) is 0 Å². The summed E-state index contributed by atoms with van der Waals surface area (Å²) in [4.78, 5) is 11.9. The lowest BCUT2D eigenvalue weighted by molar-refractivity contribution is 0.104. The number of hydrogen-bond acceptors (Lipinski definition) is 3. The van der Waals surface area contributed by atoms with E-state index in [0.717, 1.165) is 5.56 Å². The molecule has 0 bridgehead atoms. The summed E-state index contributed by atoms with van der Waals surface area (Å²) in [6.07, 6.45) is 3.13. The van der Waals surface area contributed by atoms with Gasteiger partial charge in [-0.25, -0.2) is 0 Å². The summed E-state index contributed by atoms with van der Waals surface area (Å²) in [5, 5.41) is 10.1. The topological polar surface area (TPSA) is 46.5 Å². The lowest BCUT2D eigenvalue weighted by Crippen LogP contribution is -1.93. The number of phenolic OH excluding ortho intramolecular Hbond substituents is 1. The number of aromatic hydroxyl groups is 1. The fourth-order valence-electron chi connectivity index (χ4n) is 1.68. The van der Waals surface area contributed by atoms with Gasteiger partial charge in [0.2, 0.25) is 0 Å². The zero-order valence-corrected chi connectivity index (χ0v) is 11.6. The molecule has 0 aromatic heterocycles. The molecule has 0 fully saturated rings. The van der Waals surface area contributed by atoms with Gasteiger partial charge in [-0.05, 0) is 48.0 Å². The maximum absolute atomic E-state index is 11.9. The molecule has 0 saturated carbocycles. The van der Waals surface area contributed by atoms with Crippen molar-refractivity contribution < 1.29 is 14.6 Å².